The molecule has 88 valence electrons. The molecule has 2 N–H and O–H groups in total. The van der Waals surface area contributed by atoms with Gasteiger partial charge in [0.15, 0.2) is 0 Å². The molecule has 2 rings (SSSR count). The fourth-order valence-corrected chi connectivity index (χ4v) is 1.15. The number of allylic oxidation sites excluding steroid dienone is 1. The first-order valence-corrected chi connectivity index (χ1v) is 5.03. The highest BCUT2D eigenvalue weighted by molar-refractivity contribution is 6.12. The summed E-state index contributed by atoms with van der Waals surface area (Å²) in [5, 5.41) is 10.9. The largest absolute Gasteiger partial charge is 0.508 e. The SMILES string of the molecule is C=CCc1ccc(O)cc1.O=C1C=CC(=O)N1. The Morgan fingerprint density at radius 2 is 1.65 bits per heavy atom. The summed E-state index contributed by atoms with van der Waals surface area (Å²) in [7, 11) is 0. The molecule has 0 aromatic heterocycles. The molecule has 17 heavy (non-hydrogen) atoms. The lowest BCUT2D eigenvalue weighted by molar-refractivity contribution is -0.123. The van der Waals surface area contributed by atoms with E-state index in [1.54, 1.807) is 12.1 Å². The summed E-state index contributed by atoms with van der Waals surface area (Å²) in [6, 6.07) is 7.13. The van der Waals surface area contributed by atoms with Gasteiger partial charge in [-0.15, -0.1) is 6.58 Å². The molecule has 0 atom stereocenters. The highest BCUT2D eigenvalue weighted by Gasteiger charge is 2.06. The number of phenols is 1. The zero-order valence-corrected chi connectivity index (χ0v) is 9.22. The molecule has 1 aliphatic rings. The second-order valence-electron chi connectivity index (χ2n) is 3.35. The zero-order chi connectivity index (χ0) is 12.7. The standard InChI is InChI=1S/C9H10O.C4H3NO2/c1-2-3-8-4-6-9(10)7-5-8;6-3-1-2-4(7)5-3/h2,4-7,10H,1,3H2;1-2H,(H,5,6,7). The topological polar surface area (TPSA) is 66.4 Å². The van der Waals surface area contributed by atoms with E-state index in [4.69, 9.17) is 5.11 Å². The van der Waals surface area contributed by atoms with Crippen molar-refractivity contribution in [3.05, 3.63) is 54.6 Å². The predicted molar refractivity (Wildman–Crippen MR) is 64.3 cm³/mol. The molecule has 1 aliphatic heterocycles. The summed E-state index contributed by atoms with van der Waals surface area (Å²) in [5.74, 6) is -0.345. The van der Waals surface area contributed by atoms with Crippen molar-refractivity contribution < 1.29 is 14.7 Å². The van der Waals surface area contributed by atoms with Crippen molar-refractivity contribution >= 4 is 11.8 Å². The Hall–Kier alpha value is -2.36. The third-order valence-corrected chi connectivity index (χ3v) is 1.95. The molecule has 1 aromatic rings. The lowest BCUT2D eigenvalue weighted by Crippen LogP contribution is -2.19. The highest BCUT2D eigenvalue weighted by atomic mass is 16.3. The average Bonchev–Trinajstić information content (AvgIpc) is 2.67. The van der Waals surface area contributed by atoms with Crippen LogP contribution in [0.2, 0.25) is 0 Å². The molecule has 0 fully saturated rings. The van der Waals surface area contributed by atoms with Gasteiger partial charge in [-0.3, -0.25) is 14.9 Å². The van der Waals surface area contributed by atoms with Crippen LogP contribution in [0.5, 0.6) is 5.75 Å². The third-order valence-electron chi connectivity index (χ3n) is 1.95. The Kier molecular flexibility index (Phi) is 4.69. The number of hydrogen-bond acceptors (Lipinski definition) is 3. The average molecular weight is 231 g/mol. The van der Waals surface area contributed by atoms with Crippen LogP contribution in [0, 0.1) is 0 Å². The number of aromatic hydroxyl groups is 1. The lowest BCUT2D eigenvalue weighted by Gasteiger charge is -1.94. The van der Waals surface area contributed by atoms with Crippen molar-refractivity contribution in [1.29, 1.82) is 0 Å². The molecule has 1 heterocycles. The molecule has 1 aromatic carbocycles. The molecule has 0 saturated carbocycles. The van der Waals surface area contributed by atoms with Crippen LogP contribution in [0.3, 0.4) is 0 Å². The number of phenolic OH excluding ortho intramolecular Hbond substituents is 1. The minimum absolute atomic E-state index is 0.313. The van der Waals surface area contributed by atoms with Crippen LogP contribution in [0.4, 0.5) is 0 Å². The van der Waals surface area contributed by atoms with Crippen LogP contribution in [-0.4, -0.2) is 16.9 Å². The van der Waals surface area contributed by atoms with E-state index in [9.17, 15) is 9.59 Å². The summed E-state index contributed by atoms with van der Waals surface area (Å²) in [6.45, 7) is 3.62. The van der Waals surface area contributed by atoms with E-state index in [1.165, 1.54) is 17.7 Å². The molecule has 0 radical (unpaired) electrons. The Morgan fingerprint density at radius 1 is 1.12 bits per heavy atom. The van der Waals surface area contributed by atoms with Crippen molar-refractivity contribution in [2.24, 2.45) is 0 Å². The molecule has 0 saturated heterocycles. The fraction of sp³-hybridized carbons (Fsp3) is 0.0769. The third kappa shape index (κ3) is 4.79. The number of amides is 2. The molecule has 4 heteroatoms. The number of rotatable bonds is 2. The first kappa shape index (κ1) is 12.7. The molecule has 0 unspecified atom stereocenters. The molecular formula is C13H13NO3. The van der Waals surface area contributed by atoms with E-state index in [0.29, 0.717) is 5.75 Å². The van der Waals surface area contributed by atoms with Crippen molar-refractivity contribution in [1.82, 2.24) is 5.32 Å². The smallest absolute Gasteiger partial charge is 0.250 e. The quantitative estimate of drug-likeness (QED) is 0.596. The van der Waals surface area contributed by atoms with Gasteiger partial charge in [0.05, 0.1) is 0 Å². The predicted octanol–water partition coefficient (Wildman–Crippen LogP) is 1.32. The highest BCUT2D eigenvalue weighted by Crippen LogP contribution is 2.09. The van der Waals surface area contributed by atoms with E-state index in [1.807, 2.05) is 23.5 Å². The maximum atomic E-state index is 10.0. The summed E-state index contributed by atoms with van der Waals surface area (Å²) >= 11 is 0. The lowest BCUT2D eigenvalue weighted by atomic mass is 10.1. The van der Waals surface area contributed by atoms with E-state index >= 15 is 0 Å². The van der Waals surface area contributed by atoms with Crippen LogP contribution >= 0.6 is 0 Å². The van der Waals surface area contributed by atoms with Gasteiger partial charge in [-0.25, -0.2) is 0 Å². The van der Waals surface area contributed by atoms with Crippen LogP contribution in [0.15, 0.2) is 49.1 Å². The Labute approximate surface area is 99.3 Å². The normalized spacial score (nSPS) is 12.7. The van der Waals surface area contributed by atoms with Gasteiger partial charge in [0.2, 0.25) is 0 Å². The minimum Gasteiger partial charge on any atom is -0.508 e. The Morgan fingerprint density at radius 3 is 2.00 bits per heavy atom. The van der Waals surface area contributed by atoms with Crippen LogP contribution in [-0.2, 0) is 16.0 Å². The van der Waals surface area contributed by atoms with Gasteiger partial charge in [0.25, 0.3) is 11.8 Å². The molecule has 0 bridgehead atoms. The molecule has 0 spiro atoms. The van der Waals surface area contributed by atoms with Crippen molar-refractivity contribution in [3.8, 4) is 5.75 Å². The van der Waals surface area contributed by atoms with Gasteiger partial charge in [-0.2, -0.15) is 0 Å². The first-order valence-electron chi connectivity index (χ1n) is 5.03. The van der Waals surface area contributed by atoms with Gasteiger partial charge in [-0.1, -0.05) is 18.2 Å². The monoisotopic (exact) mass is 231 g/mol. The molecule has 2 amide bonds. The summed E-state index contributed by atoms with van der Waals surface area (Å²) in [5.41, 5.74) is 1.17. The van der Waals surface area contributed by atoms with E-state index in [2.05, 4.69) is 6.58 Å². The summed E-state index contributed by atoms with van der Waals surface area (Å²) in [4.78, 5) is 20.1. The van der Waals surface area contributed by atoms with Gasteiger partial charge in [0.1, 0.15) is 5.75 Å². The molecule has 4 nitrogen and oxygen atoms in total. The molecular weight excluding hydrogens is 218 g/mol. The van der Waals surface area contributed by atoms with Crippen molar-refractivity contribution in [2.45, 2.75) is 6.42 Å². The zero-order valence-electron chi connectivity index (χ0n) is 9.22. The van der Waals surface area contributed by atoms with Crippen molar-refractivity contribution in [2.75, 3.05) is 0 Å². The van der Waals surface area contributed by atoms with E-state index in [-0.39, 0.29) is 11.8 Å². The maximum Gasteiger partial charge on any atom is 0.250 e. The van der Waals surface area contributed by atoms with Crippen LogP contribution < -0.4 is 5.32 Å². The van der Waals surface area contributed by atoms with Gasteiger partial charge in [0, 0.05) is 12.2 Å². The maximum absolute atomic E-state index is 10.0. The van der Waals surface area contributed by atoms with Crippen molar-refractivity contribution in [3.63, 3.8) is 0 Å². The van der Waals surface area contributed by atoms with Gasteiger partial charge in [-0.05, 0) is 24.1 Å². The fourth-order valence-electron chi connectivity index (χ4n) is 1.15. The number of nitrogens with one attached hydrogen (secondary N) is 1. The second kappa shape index (κ2) is 6.27. The number of carbonyl (C=O) groups excluding carboxylic acids is 2. The van der Waals surface area contributed by atoms with Crippen LogP contribution in [0.25, 0.3) is 0 Å². The summed E-state index contributed by atoms with van der Waals surface area (Å²) < 4.78 is 0. The summed E-state index contributed by atoms with van der Waals surface area (Å²) in [6.07, 6.45) is 5.09. The number of imide groups is 1. The van der Waals surface area contributed by atoms with Gasteiger partial charge < -0.3 is 5.11 Å². The number of benzene rings is 1. The van der Waals surface area contributed by atoms with E-state index < -0.39 is 0 Å². The minimum atomic E-state index is -0.329. The second-order valence-corrected chi connectivity index (χ2v) is 3.35. The number of hydrogen-bond donors (Lipinski definition) is 2. The number of carbonyl (C=O) groups is 2. The van der Waals surface area contributed by atoms with Crippen LogP contribution in [0.1, 0.15) is 5.56 Å². The Bertz CT molecular complexity index is 430. The first-order chi connectivity index (χ1) is 8.11. The molecule has 0 aliphatic carbocycles. The van der Waals surface area contributed by atoms with E-state index in [0.717, 1.165) is 6.42 Å². The van der Waals surface area contributed by atoms with Gasteiger partial charge >= 0.3 is 0 Å². The Balaban J connectivity index is 0.000000181.